The SMILES string of the molecule is Cc1ccc(C(=O)NC2CC3CCC2C3)c(C)c1. The molecule has 18 heavy (non-hydrogen) atoms. The summed E-state index contributed by atoms with van der Waals surface area (Å²) in [5.74, 6) is 1.73. The van der Waals surface area contributed by atoms with E-state index in [-0.39, 0.29) is 5.91 Å². The molecule has 3 rings (SSSR count). The highest BCUT2D eigenvalue weighted by atomic mass is 16.1. The minimum Gasteiger partial charge on any atom is -0.349 e. The fourth-order valence-corrected chi connectivity index (χ4v) is 3.74. The largest absolute Gasteiger partial charge is 0.349 e. The quantitative estimate of drug-likeness (QED) is 0.849. The predicted octanol–water partition coefficient (Wildman–Crippen LogP) is 3.22. The summed E-state index contributed by atoms with van der Waals surface area (Å²) < 4.78 is 0. The van der Waals surface area contributed by atoms with Gasteiger partial charge in [0.1, 0.15) is 0 Å². The molecule has 0 aromatic heterocycles. The van der Waals surface area contributed by atoms with Crippen molar-refractivity contribution in [3.63, 3.8) is 0 Å². The number of fused-ring (bicyclic) bond motifs is 2. The van der Waals surface area contributed by atoms with Crippen molar-refractivity contribution in [2.45, 2.75) is 45.6 Å². The van der Waals surface area contributed by atoms with E-state index in [2.05, 4.69) is 18.3 Å². The van der Waals surface area contributed by atoms with Crippen molar-refractivity contribution >= 4 is 5.91 Å². The van der Waals surface area contributed by atoms with Gasteiger partial charge in [0.05, 0.1) is 0 Å². The lowest BCUT2D eigenvalue weighted by Gasteiger charge is -2.23. The van der Waals surface area contributed by atoms with Crippen molar-refractivity contribution < 1.29 is 4.79 Å². The van der Waals surface area contributed by atoms with Crippen LogP contribution >= 0.6 is 0 Å². The molecule has 2 heteroatoms. The molecule has 2 fully saturated rings. The van der Waals surface area contributed by atoms with E-state index in [9.17, 15) is 4.79 Å². The zero-order valence-corrected chi connectivity index (χ0v) is 11.2. The summed E-state index contributed by atoms with van der Waals surface area (Å²) in [6, 6.07) is 6.47. The maximum absolute atomic E-state index is 12.3. The Morgan fingerprint density at radius 3 is 2.67 bits per heavy atom. The molecule has 1 amide bonds. The van der Waals surface area contributed by atoms with Crippen LogP contribution in [0.3, 0.4) is 0 Å². The van der Waals surface area contributed by atoms with Gasteiger partial charge in [-0.2, -0.15) is 0 Å². The molecule has 1 aromatic carbocycles. The Morgan fingerprint density at radius 2 is 2.06 bits per heavy atom. The average molecular weight is 243 g/mol. The number of aryl methyl sites for hydroxylation is 2. The number of carbonyl (C=O) groups is 1. The number of benzene rings is 1. The smallest absolute Gasteiger partial charge is 0.251 e. The molecule has 2 aliphatic rings. The van der Waals surface area contributed by atoms with Gasteiger partial charge in [0.2, 0.25) is 0 Å². The average Bonchev–Trinajstić information content (AvgIpc) is 2.90. The van der Waals surface area contributed by atoms with Gasteiger partial charge in [0.25, 0.3) is 5.91 Å². The molecule has 3 atom stereocenters. The Bertz CT molecular complexity index is 480. The van der Waals surface area contributed by atoms with E-state index in [1.165, 1.54) is 31.2 Å². The second-order valence-corrected chi connectivity index (χ2v) is 6.07. The molecule has 2 aliphatic carbocycles. The van der Waals surface area contributed by atoms with Gasteiger partial charge in [-0.05, 0) is 56.6 Å². The number of amides is 1. The second kappa shape index (κ2) is 4.42. The molecule has 2 bridgehead atoms. The van der Waals surface area contributed by atoms with Crippen molar-refractivity contribution in [3.05, 3.63) is 34.9 Å². The van der Waals surface area contributed by atoms with E-state index in [1.807, 2.05) is 19.1 Å². The molecule has 0 saturated heterocycles. The molecule has 0 heterocycles. The van der Waals surface area contributed by atoms with Gasteiger partial charge in [-0.15, -0.1) is 0 Å². The Morgan fingerprint density at radius 1 is 1.22 bits per heavy atom. The van der Waals surface area contributed by atoms with Crippen molar-refractivity contribution in [3.8, 4) is 0 Å². The summed E-state index contributed by atoms with van der Waals surface area (Å²) >= 11 is 0. The number of nitrogens with one attached hydrogen (secondary N) is 1. The number of hydrogen-bond donors (Lipinski definition) is 1. The molecule has 1 aromatic rings. The van der Waals surface area contributed by atoms with Crippen molar-refractivity contribution in [1.82, 2.24) is 5.32 Å². The third kappa shape index (κ3) is 2.05. The van der Waals surface area contributed by atoms with Crippen molar-refractivity contribution in [2.24, 2.45) is 11.8 Å². The molecule has 1 N–H and O–H groups in total. The van der Waals surface area contributed by atoms with Crippen LogP contribution in [0, 0.1) is 25.7 Å². The van der Waals surface area contributed by atoms with Gasteiger partial charge in [-0.1, -0.05) is 24.1 Å². The van der Waals surface area contributed by atoms with Gasteiger partial charge in [-0.3, -0.25) is 4.79 Å². The number of hydrogen-bond acceptors (Lipinski definition) is 1. The first-order valence-corrected chi connectivity index (χ1v) is 7.01. The van der Waals surface area contributed by atoms with Gasteiger partial charge < -0.3 is 5.32 Å². The van der Waals surface area contributed by atoms with Gasteiger partial charge in [-0.25, -0.2) is 0 Å². The third-order valence-electron chi connectivity index (χ3n) is 4.68. The normalized spacial score (nSPS) is 29.6. The van der Waals surface area contributed by atoms with Crippen molar-refractivity contribution in [2.75, 3.05) is 0 Å². The summed E-state index contributed by atoms with van der Waals surface area (Å²) in [4.78, 5) is 12.3. The topological polar surface area (TPSA) is 29.1 Å². The van der Waals surface area contributed by atoms with Crippen LogP contribution < -0.4 is 5.32 Å². The Labute approximate surface area is 109 Å². The Balaban J connectivity index is 1.71. The molecule has 0 spiro atoms. The van der Waals surface area contributed by atoms with Crippen LogP contribution in [-0.4, -0.2) is 11.9 Å². The predicted molar refractivity (Wildman–Crippen MR) is 72.6 cm³/mol. The summed E-state index contributed by atoms with van der Waals surface area (Å²) in [5.41, 5.74) is 3.13. The summed E-state index contributed by atoms with van der Waals surface area (Å²) in [5, 5.41) is 3.25. The first-order valence-electron chi connectivity index (χ1n) is 7.01. The van der Waals surface area contributed by atoms with Crippen LogP contribution in [0.4, 0.5) is 0 Å². The molecule has 96 valence electrons. The minimum absolute atomic E-state index is 0.116. The fourth-order valence-electron chi connectivity index (χ4n) is 3.74. The first-order chi connectivity index (χ1) is 8.63. The van der Waals surface area contributed by atoms with E-state index in [0.717, 1.165) is 23.0 Å². The second-order valence-electron chi connectivity index (χ2n) is 6.07. The number of rotatable bonds is 2. The maximum atomic E-state index is 12.3. The highest BCUT2D eigenvalue weighted by Crippen LogP contribution is 2.44. The lowest BCUT2D eigenvalue weighted by molar-refractivity contribution is 0.0922. The van der Waals surface area contributed by atoms with Crippen LogP contribution in [0.5, 0.6) is 0 Å². The van der Waals surface area contributed by atoms with Crippen LogP contribution in [-0.2, 0) is 0 Å². The molecular formula is C16H21NO. The minimum atomic E-state index is 0.116. The van der Waals surface area contributed by atoms with Crippen LogP contribution in [0.25, 0.3) is 0 Å². The van der Waals surface area contributed by atoms with Crippen LogP contribution in [0.2, 0.25) is 0 Å². The monoisotopic (exact) mass is 243 g/mol. The molecule has 3 unspecified atom stereocenters. The highest BCUT2D eigenvalue weighted by molar-refractivity contribution is 5.95. The lowest BCUT2D eigenvalue weighted by atomic mass is 9.95. The van der Waals surface area contributed by atoms with Gasteiger partial charge >= 0.3 is 0 Å². The number of carbonyl (C=O) groups excluding carboxylic acids is 1. The van der Waals surface area contributed by atoms with Crippen LogP contribution in [0.1, 0.15) is 47.2 Å². The van der Waals surface area contributed by atoms with Gasteiger partial charge in [0, 0.05) is 11.6 Å². The zero-order valence-electron chi connectivity index (χ0n) is 11.2. The Kier molecular flexibility index (Phi) is 2.89. The van der Waals surface area contributed by atoms with E-state index < -0.39 is 0 Å². The molecule has 0 aliphatic heterocycles. The zero-order chi connectivity index (χ0) is 12.7. The highest BCUT2D eigenvalue weighted by Gasteiger charge is 2.40. The van der Waals surface area contributed by atoms with Crippen molar-refractivity contribution in [1.29, 1.82) is 0 Å². The fraction of sp³-hybridized carbons (Fsp3) is 0.562. The molecule has 0 radical (unpaired) electrons. The molecule has 2 saturated carbocycles. The maximum Gasteiger partial charge on any atom is 0.251 e. The summed E-state index contributed by atoms with van der Waals surface area (Å²) in [7, 11) is 0. The van der Waals surface area contributed by atoms with Crippen LogP contribution in [0.15, 0.2) is 18.2 Å². The standard InChI is InChI=1S/C16H21NO/c1-10-3-6-14(11(2)7-10)16(18)17-15-9-12-4-5-13(15)8-12/h3,6-7,12-13,15H,4-5,8-9H2,1-2H3,(H,17,18). The van der Waals surface area contributed by atoms with E-state index in [1.54, 1.807) is 0 Å². The summed E-state index contributed by atoms with van der Waals surface area (Å²) in [6.07, 6.45) is 5.21. The molecule has 2 nitrogen and oxygen atoms in total. The lowest BCUT2D eigenvalue weighted by Crippen LogP contribution is -2.38. The summed E-state index contributed by atoms with van der Waals surface area (Å²) in [6.45, 7) is 4.08. The third-order valence-corrected chi connectivity index (χ3v) is 4.68. The Hall–Kier alpha value is -1.31. The molecular weight excluding hydrogens is 222 g/mol. The first kappa shape index (κ1) is 11.8. The van der Waals surface area contributed by atoms with E-state index in [4.69, 9.17) is 0 Å². The van der Waals surface area contributed by atoms with Gasteiger partial charge in [0.15, 0.2) is 0 Å². The van der Waals surface area contributed by atoms with E-state index >= 15 is 0 Å². The van der Waals surface area contributed by atoms with E-state index in [0.29, 0.717) is 6.04 Å².